The molecule has 0 unspecified atom stereocenters. The van der Waals surface area contributed by atoms with Gasteiger partial charge in [0.1, 0.15) is 0 Å². The molecule has 0 aliphatic rings. The fraction of sp³-hybridized carbons (Fsp3) is 1.00. The molecule has 0 aromatic rings. The quantitative estimate of drug-likeness (QED) is 0.174. The zero-order valence-electron chi connectivity index (χ0n) is 18.7. The van der Waals surface area contributed by atoms with E-state index in [1.807, 2.05) is 0 Å². The van der Waals surface area contributed by atoms with Gasteiger partial charge in [-0.25, -0.2) is 0 Å². The van der Waals surface area contributed by atoms with E-state index in [0.29, 0.717) is 6.61 Å². The minimum atomic E-state index is 0.332. The van der Waals surface area contributed by atoms with Gasteiger partial charge in [-0.2, -0.15) is 0 Å². The number of hydrogen-bond acceptors (Lipinski definition) is 3. The molecule has 0 amide bonds. The maximum absolute atomic E-state index is 8.71. The Labute approximate surface area is 171 Å². The Balaban J connectivity index is 2.95. The van der Waals surface area contributed by atoms with Gasteiger partial charge in [0.25, 0.3) is 0 Å². The first kappa shape index (κ1) is 26.9. The van der Waals surface area contributed by atoms with Crippen LogP contribution < -0.4 is 10.6 Å². The molecule has 0 aliphatic carbocycles. The summed E-state index contributed by atoms with van der Waals surface area (Å²) in [6.07, 6.45) is 24.5. The molecule has 0 aromatic heterocycles. The van der Waals surface area contributed by atoms with Crippen molar-refractivity contribution in [1.29, 1.82) is 0 Å². The lowest BCUT2D eigenvalue weighted by Crippen LogP contribution is -2.16. The van der Waals surface area contributed by atoms with E-state index in [4.69, 9.17) is 5.11 Å². The molecule has 0 atom stereocenters. The van der Waals surface area contributed by atoms with Crippen LogP contribution in [-0.2, 0) is 0 Å². The van der Waals surface area contributed by atoms with Crippen LogP contribution in [-0.4, -0.2) is 37.9 Å². The first-order chi connectivity index (χ1) is 13.4. The lowest BCUT2D eigenvalue weighted by molar-refractivity contribution is 0.283. The van der Waals surface area contributed by atoms with E-state index < -0.39 is 0 Å². The number of hydrogen-bond donors (Lipinski definition) is 3. The van der Waals surface area contributed by atoms with Crippen molar-refractivity contribution in [3.63, 3.8) is 0 Å². The first-order valence-corrected chi connectivity index (χ1v) is 12.4. The molecule has 0 heterocycles. The normalized spacial score (nSPS) is 11.3. The summed E-state index contributed by atoms with van der Waals surface area (Å²) in [5.74, 6) is 0. The van der Waals surface area contributed by atoms with Crippen molar-refractivity contribution in [3.05, 3.63) is 0 Å². The average molecular weight is 385 g/mol. The van der Waals surface area contributed by atoms with Crippen molar-refractivity contribution in [2.24, 2.45) is 0 Å². The van der Waals surface area contributed by atoms with Gasteiger partial charge in [-0.3, -0.25) is 0 Å². The molecule has 0 saturated heterocycles. The van der Waals surface area contributed by atoms with Crippen LogP contribution in [0.2, 0.25) is 0 Å². The summed E-state index contributed by atoms with van der Waals surface area (Å²) in [5, 5.41) is 15.7. The van der Waals surface area contributed by atoms with Gasteiger partial charge in [0, 0.05) is 6.61 Å². The summed E-state index contributed by atoms with van der Waals surface area (Å²) >= 11 is 0. The Morgan fingerprint density at radius 3 is 1.04 bits per heavy atom. The summed E-state index contributed by atoms with van der Waals surface area (Å²) in [5.41, 5.74) is 0. The third-order valence-corrected chi connectivity index (χ3v) is 5.43. The van der Waals surface area contributed by atoms with Crippen molar-refractivity contribution in [2.45, 2.75) is 122 Å². The molecule has 0 aromatic carbocycles. The highest BCUT2D eigenvalue weighted by atomic mass is 16.2. The van der Waals surface area contributed by atoms with Gasteiger partial charge in [0.2, 0.25) is 0 Å². The molecule has 0 aliphatic heterocycles. The summed E-state index contributed by atoms with van der Waals surface area (Å²) in [6, 6.07) is 0. The predicted octanol–water partition coefficient (Wildman–Crippen LogP) is 6.20. The Bertz CT molecular complexity index is 225. The van der Waals surface area contributed by atoms with E-state index in [0.717, 1.165) is 25.9 Å². The molecule has 3 N–H and O–H groups in total. The zero-order chi connectivity index (χ0) is 19.7. The van der Waals surface area contributed by atoms with Gasteiger partial charge in [0.05, 0.1) is 0 Å². The Morgan fingerprint density at radius 2 is 0.704 bits per heavy atom. The van der Waals surface area contributed by atoms with E-state index in [1.165, 1.54) is 116 Å². The molecular weight excluding hydrogens is 332 g/mol. The maximum atomic E-state index is 8.71. The van der Waals surface area contributed by atoms with Crippen LogP contribution in [0.25, 0.3) is 0 Å². The van der Waals surface area contributed by atoms with Gasteiger partial charge < -0.3 is 15.7 Å². The highest BCUT2D eigenvalue weighted by Crippen LogP contribution is 2.12. The number of unbranched alkanes of at least 4 members (excludes halogenated alkanes) is 15. The molecule has 0 rings (SSSR count). The Hall–Kier alpha value is -0.120. The van der Waals surface area contributed by atoms with Crippen LogP contribution >= 0.6 is 0 Å². The van der Waals surface area contributed by atoms with E-state index >= 15 is 0 Å². The third-order valence-electron chi connectivity index (χ3n) is 5.43. The Morgan fingerprint density at radius 1 is 0.407 bits per heavy atom. The molecule has 0 bridgehead atoms. The molecule has 0 radical (unpaired) electrons. The van der Waals surface area contributed by atoms with E-state index in [9.17, 15) is 0 Å². The highest BCUT2D eigenvalue weighted by molar-refractivity contribution is 4.53. The minimum Gasteiger partial charge on any atom is -0.396 e. The Kier molecular flexibility index (Phi) is 25.8. The SMILES string of the molecule is CCCCCNCCCCCCCCCCCCCCCNCCCCO. The lowest BCUT2D eigenvalue weighted by atomic mass is 10.0. The largest absolute Gasteiger partial charge is 0.396 e. The van der Waals surface area contributed by atoms with Gasteiger partial charge in [-0.1, -0.05) is 90.4 Å². The van der Waals surface area contributed by atoms with E-state index in [-0.39, 0.29) is 0 Å². The maximum Gasteiger partial charge on any atom is 0.0431 e. The van der Waals surface area contributed by atoms with Crippen LogP contribution in [0.4, 0.5) is 0 Å². The van der Waals surface area contributed by atoms with Gasteiger partial charge >= 0.3 is 0 Å². The number of rotatable bonds is 24. The third kappa shape index (κ3) is 25.9. The minimum absolute atomic E-state index is 0.332. The molecular formula is C24H52N2O. The highest BCUT2D eigenvalue weighted by Gasteiger charge is 1.95. The first-order valence-electron chi connectivity index (χ1n) is 12.4. The van der Waals surface area contributed by atoms with Crippen molar-refractivity contribution in [2.75, 3.05) is 32.8 Å². The fourth-order valence-electron chi connectivity index (χ4n) is 3.56. The molecule has 3 heteroatoms. The smallest absolute Gasteiger partial charge is 0.0431 e. The van der Waals surface area contributed by atoms with Crippen molar-refractivity contribution < 1.29 is 5.11 Å². The fourth-order valence-corrected chi connectivity index (χ4v) is 3.56. The number of nitrogens with one attached hydrogen (secondary N) is 2. The summed E-state index contributed by atoms with van der Waals surface area (Å²) in [6.45, 7) is 7.26. The van der Waals surface area contributed by atoms with Crippen molar-refractivity contribution in [1.82, 2.24) is 10.6 Å². The topological polar surface area (TPSA) is 44.3 Å². The standard InChI is InChI=1S/C24H52N2O/c1-2-3-15-20-25-21-16-13-11-9-7-5-4-6-8-10-12-14-17-22-26-23-18-19-24-27/h25-27H,2-24H2,1H3. The average Bonchev–Trinajstić information content (AvgIpc) is 2.68. The summed E-state index contributed by atoms with van der Waals surface area (Å²) in [4.78, 5) is 0. The molecule has 0 fully saturated rings. The second kappa shape index (κ2) is 25.9. The number of aliphatic hydroxyl groups is 1. The van der Waals surface area contributed by atoms with Gasteiger partial charge in [0.15, 0.2) is 0 Å². The zero-order valence-corrected chi connectivity index (χ0v) is 18.7. The monoisotopic (exact) mass is 384 g/mol. The molecule has 164 valence electrons. The second-order valence-corrected chi connectivity index (χ2v) is 8.23. The molecule has 0 spiro atoms. The van der Waals surface area contributed by atoms with Gasteiger partial charge in [-0.05, 0) is 58.3 Å². The van der Waals surface area contributed by atoms with Crippen LogP contribution in [0.5, 0.6) is 0 Å². The van der Waals surface area contributed by atoms with Crippen LogP contribution in [0.3, 0.4) is 0 Å². The van der Waals surface area contributed by atoms with E-state index in [2.05, 4.69) is 17.6 Å². The van der Waals surface area contributed by atoms with Gasteiger partial charge in [-0.15, -0.1) is 0 Å². The summed E-state index contributed by atoms with van der Waals surface area (Å²) in [7, 11) is 0. The van der Waals surface area contributed by atoms with E-state index in [1.54, 1.807) is 0 Å². The number of aliphatic hydroxyl groups excluding tert-OH is 1. The second-order valence-electron chi connectivity index (χ2n) is 8.23. The van der Waals surface area contributed by atoms with Crippen molar-refractivity contribution >= 4 is 0 Å². The molecule has 3 nitrogen and oxygen atoms in total. The van der Waals surface area contributed by atoms with Crippen LogP contribution in [0.1, 0.15) is 122 Å². The van der Waals surface area contributed by atoms with Crippen LogP contribution in [0.15, 0.2) is 0 Å². The molecule has 0 saturated carbocycles. The van der Waals surface area contributed by atoms with Crippen molar-refractivity contribution in [3.8, 4) is 0 Å². The lowest BCUT2D eigenvalue weighted by Gasteiger charge is -2.05. The van der Waals surface area contributed by atoms with Crippen LogP contribution in [0, 0.1) is 0 Å². The summed E-state index contributed by atoms with van der Waals surface area (Å²) < 4.78 is 0. The predicted molar refractivity (Wildman–Crippen MR) is 122 cm³/mol. The molecule has 27 heavy (non-hydrogen) atoms.